The molecule has 3 aromatic rings. The largest absolute Gasteiger partial charge is 0.443 e. The van der Waals surface area contributed by atoms with Crippen LogP contribution in [0.1, 0.15) is 10.6 Å². The van der Waals surface area contributed by atoms with E-state index in [1.165, 1.54) is 0 Å². The molecule has 1 N–H and O–H groups in total. The molecule has 0 unspecified atom stereocenters. The van der Waals surface area contributed by atoms with Gasteiger partial charge >= 0.3 is 6.03 Å². The summed E-state index contributed by atoms with van der Waals surface area (Å²) in [5.41, 5.74) is 0.703. The molecule has 0 saturated heterocycles. The minimum absolute atomic E-state index is 0.143. The molecule has 0 bridgehead atoms. The van der Waals surface area contributed by atoms with Gasteiger partial charge < -0.3 is 14.6 Å². The molecule has 3 rings (SSSR count). The number of thiophene rings is 2. The van der Waals surface area contributed by atoms with Gasteiger partial charge in [0.05, 0.1) is 27.4 Å². The third kappa shape index (κ3) is 4.21. The second-order valence-corrected chi connectivity index (χ2v) is 8.34. The molecule has 0 aromatic carbocycles. The second kappa shape index (κ2) is 7.29. The zero-order valence-corrected chi connectivity index (χ0v) is 15.5. The minimum Gasteiger partial charge on any atom is -0.443 e. The number of oxazole rings is 1. The lowest BCUT2D eigenvalue weighted by Gasteiger charge is -2.16. The van der Waals surface area contributed by atoms with Crippen LogP contribution in [0.3, 0.4) is 0 Å². The summed E-state index contributed by atoms with van der Waals surface area (Å²) in [5, 5.41) is 4.82. The molecule has 8 heteroatoms. The standard InChI is InChI=1S/C15H14BrN3O2S2/c1-19(8-11-4-5-13(16)23-11)15(20)17-7-10-9-21-14(18-10)12-3-2-6-22-12/h2-6,9H,7-8H2,1H3,(H,17,20). The monoisotopic (exact) mass is 411 g/mol. The average Bonchev–Trinajstić information content (AvgIpc) is 3.26. The van der Waals surface area contributed by atoms with Gasteiger partial charge in [-0.2, -0.15) is 0 Å². The molecule has 23 heavy (non-hydrogen) atoms. The summed E-state index contributed by atoms with van der Waals surface area (Å²) in [6.45, 7) is 0.910. The van der Waals surface area contributed by atoms with Crippen molar-refractivity contribution in [1.82, 2.24) is 15.2 Å². The van der Waals surface area contributed by atoms with Crippen LogP contribution in [-0.2, 0) is 13.1 Å². The normalized spacial score (nSPS) is 10.7. The molecule has 3 aromatic heterocycles. The Labute approximate surface area is 150 Å². The quantitative estimate of drug-likeness (QED) is 0.668. The lowest BCUT2D eigenvalue weighted by Crippen LogP contribution is -2.36. The highest BCUT2D eigenvalue weighted by atomic mass is 79.9. The molecule has 2 amide bonds. The Bertz CT molecular complexity index is 782. The number of urea groups is 1. The van der Waals surface area contributed by atoms with Crippen molar-refractivity contribution in [2.24, 2.45) is 0 Å². The molecule has 0 aliphatic carbocycles. The zero-order valence-electron chi connectivity index (χ0n) is 12.3. The summed E-state index contributed by atoms with van der Waals surface area (Å²) in [6, 6.07) is 7.74. The van der Waals surface area contributed by atoms with Crippen LogP contribution in [0.4, 0.5) is 4.79 Å². The van der Waals surface area contributed by atoms with E-state index in [2.05, 4.69) is 26.2 Å². The number of rotatable bonds is 5. The Morgan fingerprint density at radius 2 is 2.30 bits per heavy atom. The van der Waals surface area contributed by atoms with Gasteiger partial charge in [-0.25, -0.2) is 9.78 Å². The highest BCUT2D eigenvalue weighted by molar-refractivity contribution is 9.11. The van der Waals surface area contributed by atoms with E-state index in [-0.39, 0.29) is 6.03 Å². The highest BCUT2D eigenvalue weighted by Gasteiger charge is 2.12. The van der Waals surface area contributed by atoms with Crippen molar-refractivity contribution >= 4 is 44.6 Å². The van der Waals surface area contributed by atoms with Crippen LogP contribution < -0.4 is 5.32 Å². The predicted molar refractivity (Wildman–Crippen MR) is 95.5 cm³/mol. The Morgan fingerprint density at radius 1 is 1.43 bits per heavy atom. The van der Waals surface area contributed by atoms with Crippen LogP contribution in [0.5, 0.6) is 0 Å². The molecule has 0 spiro atoms. The van der Waals surface area contributed by atoms with E-state index >= 15 is 0 Å². The molecule has 5 nitrogen and oxygen atoms in total. The maximum atomic E-state index is 12.1. The Morgan fingerprint density at radius 3 is 3.00 bits per heavy atom. The molecule has 0 atom stereocenters. The lowest BCUT2D eigenvalue weighted by molar-refractivity contribution is 0.206. The third-order valence-corrected chi connectivity index (χ3v) is 5.54. The number of nitrogens with one attached hydrogen (secondary N) is 1. The molecule has 120 valence electrons. The maximum Gasteiger partial charge on any atom is 0.317 e. The number of hydrogen-bond donors (Lipinski definition) is 1. The van der Waals surface area contributed by atoms with E-state index in [9.17, 15) is 4.79 Å². The number of amides is 2. The fourth-order valence-corrected chi connectivity index (χ4v) is 4.14. The number of aromatic nitrogens is 1. The smallest absolute Gasteiger partial charge is 0.317 e. The van der Waals surface area contributed by atoms with Crippen molar-refractivity contribution in [3.05, 3.63) is 50.3 Å². The van der Waals surface area contributed by atoms with Gasteiger partial charge in [0.2, 0.25) is 5.89 Å². The molecular weight excluding hydrogens is 398 g/mol. The van der Waals surface area contributed by atoms with Crippen molar-refractivity contribution in [3.63, 3.8) is 0 Å². The highest BCUT2D eigenvalue weighted by Crippen LogP contribution is 2.24. The summed E-state index contributed by atoms with van der Waals surface area (Å²) >= 11 is 6.61. The van der Waals surface area contributed by atoms with Crippen molar-refractivity contribution in [1.29, 1.82) is 0 Å². The second-order valence-electron chi connectivity index (χ2n) is 4.84. The van der Waals surface area contributed by atoms with Gasteiger partial charge in [-0.15, -0.1) is 22.7 Å². The summed E-state index contributed by atoms with van der Waals surface area (Å²) in [6.07, 6.45) is 1.58. The summed E-state index contributed by atoms with van der Waals surface area (Å²) in [5.74, 6) is 0.584. The summed E-state index contributed by atoms with van der Waals surface area (Å²) < 4.78 is 6.49. The molecule has 0 radical (unpaired) electrons. The van der Waals surface area contributed by atoms with Gasteiger partial charge in [0.25, 0.3) is 0 Å². The Kier molecular flexibility index (Phi) is 5.14. The van der Waals surface area contributed by atoms with Gasteiger partial charge in [0.15, 0.2) is 0 Å². The van der Waals surface area contributed by atoms with E-state index in [0.29, 0.717) is 24.7 Å². The van der Waals surface area contributed by atoms with E-state index in [4.69, 9.17) is 4.42 Å². The van der Waals surface area contributed by atoms with Crippen LogP contribution in [0.25, 0.3) is 10.8 Å². The first-order chi connectivity index (χ1) is 11.1. The molecule has 0 saturated carbocycles. The lowest BCUT2D eigenvalue weighted by atomic mass is 10.4. The summed E-state index contributed by atoms with van der Waals surface area (Å²) in [4.78, 5) is 20.2. The summed E-state index contributed by atoms with van der Waals surface area (Å²) in [7, 11) is 1.77. The van der Waals surface area contributed by atoms with E-state index in [0.717, 1.165) is 13.5 Å². The van der Waals surface area contributed by atoms with E-state index < -0.39 is 0 Å². The molecule has 0 aliphatic rings. The molecule has 0 fully saturated rings. The number of carbonyl (C=O) groups excluding carboxylic acids is 1. The SMILES string of the molecule is CN(Cc1ccc(Br)s1)C(=O)NCc1coc(-c2cccs2)n1. The minimum atomic E-state index is -0.143. The zero-order chi connectivity index (χ0) is 16.2. The fraction of sp³-hybridized carbons (Fsp3) is 0.200. The van der Waals surface area contributed by atoms with Gasteiger partial charge in [0.1, 0.15) is 6.26 Å². The molecule has 0 aliphatic heterocycles. The third-order valence-electron chi connectivity index (χ3n) is 3.07. The maximum absolute atomic E-state index is 12.1. The van der Waals surface area contributed by atoms with Crippen LogP contribution in [0, 0.1) is 0 Å². The topological polar surface area (TPSA) is 58.4 Å². The van der Waals surface area contributed by atoms with Crippen LogP contribution >= 0.6 is 38.6 Å². The fourth-order valence-electron chi connectivity index (χ4n) is 1.94. The number of nitrogens with zero attached hydrogens (tertiary/aromatic N) is 2. The van der Waals surface area contributed by atoms with Gasteiger partial charge in [0, 0.05) is 11.9 Å². The van der Waals surface area contributed by atoms with E-state index in [1.54, 1.807) is 40.9 Å². The first-order valence-corrected chi connectivity index (χ1v) is 9.32. The van der Waals surface area contributed by atoms with Crippen LogP contribution in [-0.4, -0.2) is 23.0 Å². The van der Waals surface area contributed by atoms with Crippen LogP contribution in [0.15, 0.2) is 44.1 Å². The first-order valence-electron chi connectivity index (χ1n) is 6.83. The van der Waals surface area contributed by atoms with Crippen molar-refractivity contribution in [2.45, 2.75) is 13.1 Å². The van der Waals surface area contributed by atoms with Gasteiger partial charge in [-0.3, -0.25) is 0 Å². The van der Waals surface area contributed by atoms with E-state index in [1.807, 2.05) is 29.6 Å². The Hall–Kier alpha value is -1.64. The van der Waals surface area contributed by atoms with Crippen molar-refractivity contribution < 1.29 is 9.21 Å². The van der Waals surface area contributed by atoms with Crippen molar-refractivity contribution in [3.8, 4) is 10.8 Å². The predicted octanol–water partition coefficient (Wildman–Crippen LogP) is 4.57. The number of halogens is 1. The van der Waals surface area contributed by atoms with Gasteiger partial charge in [-0.1, -0.05) is 6.07 Å². The number of hydrogen-bond acceptors (Lipinski definition) is 5. The Balaban J connectivity index is 1.52. The van der Waals surface area contributed by atoms with Crippen LogP contribution in [0.2, 0.25) is 0 Å². The molecular formula is C15H14BrN3O2S2. The average molecular weight is 412 g/mol. The first kappa shape index (κ1) is 16.2. The molecule has 3 heterocycles. The number of carbonyl (C=O) groups is 1. The van der Waals surface area contributed by atoms with Gasteiger partial charge in [-0.05, 0) is 39.5 Å². The van der Waals surface area contributed by atoms with Crippen molar-refractivity contribution in [2.75, 3.05) is 7.05 Å².